The van der Waals surface area contributed by atoms with Crippen molar-refractivity contribution in [2.75, 3.05) is 24.5 Å². The van der Waals surface area contributed by atoms with Gasteiger partial charge in [-0.3, -0.25) is 9.79 Å². The van der Waals surface area contributed by atoms with E-state index in [9.17, 15) is 18.7 Å². The first-order valence-corrected chi connectivity index (χ1v) is 10.0. The van der Waals surface area contributed by atoms with Crippen molar-refractivity contribution in [3.05, 3.63) is 40.8 Å². The normalized spacial score (nSPS) is 24.7. The number of piperidine rings is 1. The Morgan fingerprint density at radius 1 is 1.37 bits per heavy atom. The third-order valence-electron chi connectivity index (χ3n) is 6.07. The summed E-state index contributed by atoms with van der Waals surface area (Å²) in [4.78, 5) is 22.0. The van der Waals surface area contributed by atoms with Gasteiger partial charge in [-0.1, -0.05) is 0 Å². The highest BCUT2D eigenvalue weighted by Gasteiger charge is 2.43. The second-order valence-corrected chi connectivity index (χ2v) is 8.25. The van der Waals surface area contributed by atoms with Crippen LogP contribution in [0, 0.1) is 12.5 Å². The predicted molar refractivity (Wildman–Crippen MR) is 108 cm³/mol. The largest absolute Gasteiger partial charge is 0.447 e. The quantitative estimate of drug-likeness (QED) is 0.757. The standard InChI is InChI=1S/C22H23F2N3O3/c1-22(29)11-16(28)9-14-12-26-20(19(14)22)13-5-7-27(8-6-13)15-3-4-18(30-21(23)24)17(10-15)25-2/h3-4,10,13,21,29H,5-9,11-12H2,1H3. The molecule has 0 amide bonds. The molecule has 1 aliphatic carbocycles. The number of halogens is 2. The number of ketones is 1. The number of aliphatic hydroxyl groups is 1. The van der Waals surface area contributed by atoms with E-state index in [4.69, 9.17) is 6.57 Å². The molecule has 1 unspecified atom stereocenters. The van der Waals surface area contributed by atoms with E-state index in [1.165, 1.54) is 6.07 Å². The number of aliphatic imine (C=N–C) groups is 1. The Balaban J connectivity index is 1.46. The van der Waals surface area contributed by atoms with Gasteiger partial charge in [-0.05, 0) is 43.5 Å². The zero-order valence-corrected chi connectivity index (χ0v) is 16.7. The molecular formula is C22H23F2N3O3. The third-order valence-corrected chi connectivity index (χ3v) is 6.07. The van der Waals surface area contributed by atoms with Gasteiger partial charge in [0, 0.05) is 48.8 Å². The summed E-state index contributed by atoms with van der Waals surface area (Å²) in [7, 11) is 0. The van der Waals surface area contributed by atoms with Crippen molar-refractivity contribution in [1.82, 2.24) is 0 Å². The number of hydrogen-bond donors (Lipinski definition) is 1. The Hall–Kier alpha value is -2.79. The summed E-state index contributed by atoms with van der Waals surface area (Å²) in [6.45, 7) is 7.90. The van der Waals surface area contributed by atoms with Crippen molar-refractivity contribution in [1.29, 1.82) is 0 Å². The van der Waals surface area contributed by atoms with Gasteiger partial charge in [-0.15, -0.1) is 0 Å². The number of carbonyl (C=O) groups excluding carboxylic acids is 1. The van der Waals surface area contributed by atoms with E-state index < -0.39 is 12.2 Å². The van der Waals surface area contributed by atoms with Crippen LogP contribution in [-0.4, -0.2) is 48.4 Å². The molecule has 1 aromatic carbocycles. The van der Waals surface area contributed by atoms with E-state index in [1.807, 2.05) is 0 Å². The zero-order chi connectivity index (χ0) is 21.5. The molecule has 0 saturated carbocycles. The number of carbonyl (C=O) groups is 1. The van der Waals surface area contributed by atoms with Crippen LogP contribution in [0.15, 0.2) is 34.3 Å². The van der Waals surface area contributed by atoms with Gasteiger partial charge in [0.15, 0.2) is 0 Å². The molecule has 0 bridgehead atoms. The van der Waals surface area contributed by atoms with Gasteiger partial charge in [0.2, 0.25) is 5.69 Å². The van der Waals surface area contributed by atoms with Crippen molar-refractivity contribution >= 4 is 22.9 Å². The fraction of sp³-hybridized carbons (Fsp3) is 0.500. The van der Waals surface area contributed by atoms with Crippen LogP contribution in [0.25, 0.3) is 4.85 Å². The Labute approximate surface area is 173 Å². The van der Waals surface area contributed by atoms with Crippen LogP contribution in [0.2, 0.25) is 0 Å². The van der Waals surface area contributed by atoms with Gasteiger partial charge in [0.05, 0.1) is 18.7 Å². The molecule has 1 N–H and O–H groups in total. The minimum absolute atomic E-state index is 0.0555. The lowest BCUT2D eigenvalue weighted by molar-refractivity contribution is -0.122. The molecule has 30 heavy (non-hydrogen) atoms. The maximum atomic E-state index is 12.5. The Morgan fingerprint density at radius 2 is 2.10 bits per heavy atom. The zero-order valence-electron chi connectivity index (χ0n) is 16.7. The highest BCUT2D eigenvalue weighted by atomic mass is 19.3. The maximum absolute atomic E-state index is 12.5. The van der Waals surface area contributed by atoms with E-state index in [0.29, 0.717) is 13.0 Å². The van der Waals surface area contributed by atoms with Gasteiger partial charge in [0.1, 0.15) is 11.5 Å². The Bertz CT molecular complexity index is 970. The van der Waals surface area contributed by atoms with Crippen LogP contribution < -0.4 is 9.64 Å². The lowest BCUT2D eigenvalue weighted by Gasteiger charge is -2.37. The highest BCUT2D eigenvalue weighted by molar-refractivity contribution is 6.08. The molecule has 0 aromatic heterocycles. The Kier molecular flexibility index (Phi) is 5.33. The van der Waals surface area contributed by atoms with Gasteiger partial charge in [0.25, 0.3) is 0 Å². The molecule has 6 nitrogen and oxygen atoms in total. The number of anilines is 1. The molecule has 2 aliphatic heterocycles. The molecule has 1 aromatic rings. The number of alkyl halides is 2. The lowest BCUT2D eigenvalue weighted by atomic mass is 9.74. The SMILES string of the molecule is [C-]#[N+]c1cc(N2CCC(C3=NCC4=C3C(C)(O)CC(=O)C4)CC2)ccc1OC(F)F. The van der Waals surface area contributed by atoms with Gasteiger partial charge >= 0.3 is 6.61 Å². The van der Waals surface area contributed by atoms with Crippen molar-refractivity contribution < 1.29 is 23.4 Å². The third kappa shape index (κ3) is 3.82. The average Bonchev–Trinajstić information content (AvgIpc) is 3.12. The van der Waals surface area contributed by atoms with Crippen molar-refractivity contribution in [2.24, 2.45) is 10.9 Å². The number of rotatable bonds is 4. The van der Waals surface area contributed by atoms with Gasteiger partial charge in [-0.25, -0.2) is 4.85 Å². The monoisotopic (exact) mass is 415 g/mol. The molecule has 8 heteroatoms. The summed E-state index contributed by atoms with van der Waals surface area (Å²) in [5, 5.41) is 10.8. The summed E-state index contributed by atoms with van der Waals surface area (Å²) in [5.41, 5.74) is 2.46. The number of hydrogen-bond acceptors (Lipinski definition) is 5. The molecule has 4 rings (SSSR count). The van der Waals surface area contributed by atoms with Crippen LogP contribution >= 0.6 is 0 Å². The second kappa shape index (κ2) is 7.80. The smallest absolute Gasteiger partial charge is 0.386 e. The summed E-state index contributed by atoms with van der Waals surface area (Å²) in [5.74, 6) is 0.141. The van der Waals surface area contributed by atoms with E-state index in [2.05, 4.69) is 19.5 Å². The maximum Gasteiger partial charge on any atom is 0.386 e. The first kappa shape index (κ1) is 20.5. The molecule has 1 atom stereocenters. The number of benzene rings is 1. The minimum Gasteiger partial charge on any atom is -0.447 e. The topological polar surface area (TPSA) is 66.5 Å². The van der Waals surface area contributed by atoms with Crippen LogP contribution in [0.5, 0.6) is 5.75 Å². The van der Waals surface area contributed by atoms with E-state index >= 15 is 0 Å². The first-order chi connectivity index (χ1) is 14.3. The summed E-state index contributed by atoms with van der Waals surface area (Å²) in [6, 6.07) is 4.68. The molecule has 158 valence electrons. The average molecular weight is 415 g/mol. The van der Waals surface area contributed by atoms with E-state index in [1.54, 1.807) is 19.1 Å². The van der Waals surface area contributed by atoms with Gasteiger partial charge < -0.3 is 14.7 Å². The molecule has 2 heterocycles. The lowest BCUT2D eigenvalue weighted by Crippen LogP contribution is -2.42. The Morgan fingerprint density at radius 3 is 2.77 bits per heavy atom. The number of Topliss-reactive ketones (excluding diaryl/α,β-unsaturated/α-hetero) is 1. The first-order valence-electron chi connectivity index (χ1n) is 10.0. The molecule has 1 saturated heterocycles. The van der Waals surface area contributed by atoms with Crippen LogP contribution in [0.4, 0.5) is 20.2 Å². The molecular weight excluding hydrogens is 392 g/mol. The predicted octanol–water partition coefficient (Wildman–Crippen LogP) is 3.92. The summed E-state index contributed by atoms with van der Waals surface area (Å²) >= 11 is 0. The molecule has 1 fully saturated rings. The molecule has 0 radical (unpaired) electrons. The summed E-state index contributed by atoms with van der Waals surface area (Å²) < 4.78 is 29.4. The van der Waals surface area contributed by atoms with Crippen LogP contribution in [0.3, 0.4) is 0 Å². The van der Waals surface area contributed by atoms with Gasteiger partial charge in [-0.2, -0.15) is 8.78 Å². The fourth-order valence-corrected chi connectivity index (χ4v) is 4.82. The van der Waals surface area contributed by atoms with Crippen molar-refractivity contribution in [3.63, 3.8) is 0 Å². The second-order valence-electron chi connectivity index (χ2n) is 8.25. The van der Waals surface area contributed by atoms with Crippen molar-refractivity contribution in [3.8, 4) is 5.75 Å². The van der Waals surface area contributed by atoms with Crippen LogP contribution in [-0.2, 0) is 4.79 Å². The highest BCUT2D eigenvalue weighted by Crippen LogP contribution is 2.40. The number of nitrogens with zero attached hydrogens (tertiary/aromatic N) is 3. The molecule has 3 aliphatic rings. The fourth-order valence-electron chi connectivity index (χ4n) is 4.82. The molecule has 0 spiro atoms. The number of ether oxygens (including phenoxy) is 1. The van der Waals surface area contributed by atoms with E-state index in [-0.39, 0.29) is 29.6 Å². The minimum atomic E-state index is -2.97. The van der Waals surface area contributed by atoms with Crippen LogP contribution in [0.1, 0.15) is 32.6 Å². The van der Waals surface area contributed by atoms with E-state index in [0.717, 1.165) is 48.5 Å². The summed E-state index contributed by atoms with van der Waals surface area (Å²) in [6.07, 6.45) is 2.16. The van der Waals surface area contributed by atoms with Crippen molar-refractivity contribution in [2.45, 2.75) is 44.8 Å².